The maximum atomic E-state index is 11.8. The lowest BCUT2D eigenvalue weighted by Crippen LogP contribution is -2.40. The number of carboxylic acids is 1. The van der Waals surface area contributed by atoms with Crippen molar-refractivity contribution in [1.82, 2.24) is 4.72 Å². The summed E-state index contributed by atoms with van der Waals surface area (Å²) in [5.41, 5.74) is 0. The molecule has 0 aromatic carbocycles. The molecule has 6 nitrogen and oxygen atoms in total. The molecular formula is C10H15NO5S2. The van der Waals surface area contributed by atoms with E-state index < -0.39 is 22.0 Å². The first kappa shape index (κ1) is 15.1. The molecule has 0 spiro atoms. The van der Waals surface area contributed by atoms with E-state index in [1.807, 2.05) is 0 Å². The SMILES string of the molecule is COCCCC(NS(=O)(=O)c1cccs1)C(=O)O. The Bertz CT molecular complexity index is 468. The Morgan fingerprint density at radius 3 is 2.83 bits per heavy atom. The third kappa shape index (κ3) is 4.37. The van der Waals surface area contributed by atoms with Crippen molar-refractivity contribution in [1.29, 1.82) is 0 Å². The normalized spacial score (nSPS) is 13.4. The highest BCUT2D eigenvalue weighted by atomic mass is 32.2. The average Bonchev–Trinajstić information content (AvgIpc) is 2.81. The van der Waals surface area contributed by atoms with Crippen molar-refractivity contribution in [3.8, 4) is 0 Å². The molecule has 2 N–H and O–H groups in total. The van der Waals surface area contributed by atoms with Gasteiger partial charge in [-0.3, -0.25) is 4.79 Å². The van der Waals surface area contributed by atoms with Gasteiger partial charge in [0.15, 0.2) is 0 Å². The van der Waals surface area contributed by atoms with E-state index in [2.05, 4.69) is 4.72 Å². The second-order valence-electron chi connectivity index (χ2n) is 3.58. The van der Waals surface area contributed by atoms with Crippen LogP contribution in [0.4, 0.5) is 0 Å². The summed E-state index contributed by atoms with van der Waals surface area (Å²) in [4.78, 5) is 11.0. The van der Waals surface area contributed by atoms with Crippen LogP contribution in [0.1, 0.15) is 12.8 Å². The fraction of sp³-hybridized carbons (Fsp3) is 0.500. The van der Waals surface area contributed by atoms with E-state index in [0.29, 0.717) is 13.0 Å². The van der Waals surface area contributed by atoms with Crippen molar-refractivity contribution in [2.45, 2.75) is 23.1 Å². The van der Waals surface area contributed by atoms with Crippen molar-refractivity contribution in [2.24, 2.45) is 0 Å². The van der Waals surface area contributed by atoms with Crippen molar-refractivity contribution in [2.75, 3.05) is 13.7 Å². The number of rotatable bonds is 8. The van der Waals surface area contributed by atoms with Crippen LogP contribution in [0.3, 0.4) is 0 Å². The molecule has 1 atom stereocenters. The monoisotopic (exact) mass is 293 g/mol. The second-order valence-corrected chi connectivity index (χ2v) is 6.47. The second kappa shape index (κ2) is 6.83. The van der Waals surface area contributed by atoms with Gasteiger partial charge in [0.2, 0.25) is 0 Å². The molecular weight excluding hydrogens is 278 g/mol. The zero-order valence-electron chi connectivity index (χ0n) is 9.83. The summed E-state index contributed by atoms with van der Waals surface area (Å²) >= 11 is 1.04. The number of aliphatic carboxylic acids is 1. The minimum atomic E-state index is -3.75. The number of thiophene rings is 1. The van der Waals surface area contributed by atoms with Gasteiger partial charge in [-0.25, -0.2) is 8.42 Å². The Kier molecular flexibility index (Phi) is 5.73. The number of carbonyl (C=O) groups is 1. The Morgan fingerprint density at radius 1 is 1.61 bits per heavy atom. The lowest BCUT2D eigenvalue weighted by atomic mass is 10.2. The van der Waals surface area contributed by atoms with Crippen LogP contribution in [0.25, 0.3) is 0 Å². The molecule has 0 aliphatic heterocycles. The van der Waals surface area contributed by atoms with Crippen LogP contribution >= 0.6 is 11.3 Å². The third-order valence-electron chi connectivity index (χ3n) is 2.20. The molecule has 0 amide bonds. The maximum absolute atomic E-state index is 11.8. The van der Waals surface area contributed by atoms with E-state index in [1.165, 1.54) is 13.2 Å². The van der Waals surface area contributed by atoms with Crippen molar-refractivity contribution in [3.05, 3.63) is 17.5 Å². The molecule has 0 radical (unpaired) electrons. The summed E-state index contributed by atoms with van der Waals surface area (Å²) < 4.78 is 30.8. The van der Waals surface area contributed by atoms with Crippen LogP contribution in [0.15, 0.2) is 21.7 Å². The van der Waals surface area contributed by atoms with Crippen LogP contribution in [-0.2, 0) is 19.6 Å². The number of methoxy groups -OCH3 is 1. The van der Waals surface area contributed by atoms with E-state index >= 15 is 0 Å². The fourth-order valence-electron chi connectivity index (χ4n) is 1.33. The smallest absolute Gasteiger partial charge is 0.321 e. The molecule has 0 saturated carbocycles. The summed E-state index contributed by atoms with van der Waals surface area (Å²) in [6, 6.07) is 1.90. The van der Waals surface area contributed by atoms with E-state index in [4.69, 9.17) is 9.84 Å². The van der Waals surface area contributed by atoms with Gasteiger partial charge in [-0.15, -0.1) is 11.3 Å². The van der Waals surface area contributed by atoms with Crippen molar-refractivity contribution in [3.63, 3.8) is 0 Å². The van der Waals surface area contributed by atoms with Gasteiger partial charge in [0.05, 0.1) is 0 Å². The highest BCUT2D eigenvalue weighted by Crippen LogP contribution is 2.16. The van der Waals surface area contributed by atoms with E-state index in [-0.39, 0.29) is 10.6 Å². The van der Waals surface area contributed by atoms with E-state index in [1.54, 1.807) is 11.4 Å². The molecule has 0 aliphatic rings. The molecule has 0 saturated heterocycles. The number of hydrogen-bond donors (Lipinski definition) is 2. The molecule has 1 aromatic heterocycles. The fourth-order valence-corrected chi connectivity index (χ4v) is 3.56. The molecule has 0 aliphatic carbocycles. The molecule has 0 fully saturated rings. The van der Waals surface area contributed by atoms with Gasteiger partial charge in [0, 0.05) is 13.7 Å². The summed E-state index contributed by atoms with van der Waals surface area (Å²) in [5.74, 6) is -1.19. The van der Waals surface area contributed by atoms with Crippen LogP contribution in [-0.4, -0.2) is 39.3 Å². The Hall–Kier alpha value is -0.960. The topological polar surface area (TPSA) is 92.7 Å². The molecule has 0 bridgehead atoms. The van der Waals surface area contributed by atoms with Gasteiger partial charge in [-0.2, -0.15) is 4.72 Å². The number of ether oxygens (including phenoxy) is 1. The zero-order valence-corrected chi connectivity index (χ0v) is 11.5. The average molecular weight is 293 g/mol. The first-order valence-electron chi connectivity index (χ1n) is 5.25. The van der Waals surface area contributed by atoms with Crippen LogP contribution in [0.2, 0.25) is 0 Å². The highest BCUT2D eigenvalue weighted by molar-refractivity contribution is 7.91. The Labute approximate surface area is 110 Å². The van der Waals surface area contributed by atoms with Gasteiger partial charge in [0.1, 0.15) is 10.3 Å². The standard InChI is InChI=1S/C10H15NO5S2/c1-16-6-2-4-8(10(12)13)11-18(14,15)9-5-3-7-17-9/h3,5,7-8,11H,2,4,6H2,1H3,(H,12,13). The molecule has 1 heterocycles. The minimum Gasteiger partial charge on any atom is -0.480 e. The Morgan fingerprint density at radius 2 is 2.33 bits per heavy atom. The highest BCUT2D eigenvalue weighted by Gasteiger charge is 2.25. The number of nitrogens with one attached hydrogen (secondary N) is 1. The molecule has 1 unspecified atom stereocenters. The molecule has 1 rings (SSSR count). The number of carboxylic acid groups (broad SMARTS) is 1. The van der Waals surface area contributed by atoms with Gasteiger partial charge in [0.25, 0.3) is 10.0 Å². The zero-order chi connectivity index (χ0) is 13.6. The summed E-state index contributed by atoms with van der Waals surface area (Å²) in [6.07, 6.45) is 0.661. The largest absolute Gasteiger partial charge is 0.480 e. The minimum absolute atomic E-state index is 0.112. The van der Waals surface area contributed by atoms with Crippen LogP contribution in [0, 0.1) is 0 Å². The predicted octanol–water partition coefficient (Wildman–Crippen LogP) is 0.906. The predicted molar refractivity (Wildman–Crippen MR) is 67.2 cm³/mol. The van der Waals surface area contributed by atoms with Crippen LogP contribution < -0.4 is 4.72 Å². The maximum Gasteiger partial charge on any atom is 0.321 e. The van der Waals surface area contributed by atoms with Gasteiger partial charge < -0.3 is 9.84 Å². The molecule has 102 valence electrons. The first-order valence-corrected chi connectivity index (χ1v) is 7.61. The quantitative estimate of drug-likeness (QED) is 0.695. The summed E-state index contributed by atoms with van der Waals surface area (Å²) in [6.45, 7) is 0.393. The number of hydrogen-bond acceptors (Lipinski definition) is 5. The molecule has 18 heavy (non-hydrogen) atoms. The lowest BCUT2D eigenvalue weighted by molar-refractivity contribution is -0.139. The van der Waals surface area contributed by atoms with Gasteiger partial charge >= 0.3 is 5.97 Å². The Balaban J connectivity index is 2.69. The first-order chi connectivity index (χ1) is 8.47. The van der Waals surface area contributed by atoms with Crippen LogP contribution in [0.5, 0.6) is 0 Å². The number of sulfonamides is 1. The van der Waals surface area contributed by atoms with Crippen molar-refractivity contribution < 1.29 is 23.1 Å². The lowest BCUT2D eigenvalue weighted by Gasteiger charge is -2.13. The van der Waals surface area contributed by atoms with Gasteiger partial charge in [-0.05, 0) is 24.3 Å². The van der Waals surface area contributed by atoms with E-state index in [9.17, 15) is 13.2 Å². The third-order valence-corrected chi connectivity index (χ3v) is 5.07. The van der Waals surface area contributed by atoms with Crippen molar-refractivity contribution >= 4 is 27.3 Å². The molecule has 8 heteroatoms. The van der Waals surface area contributed by atoms with Gasteiger partial charge in [-0.1, -0.05) is 6.07 Å². The summed E-state index contributed by atoms with van der Waals surface area (Å²) in [7, 11) is -2.25. The van der Waals surface area contributed by atoms with E-state index in [0.717, 1.165) is 11.3 Å². The summed E-state index contributed by atoms with van der Waals surface area (Å²) in [5, 5.41) is 10.6. The molecule has 1 aromatic rings.